The molecule has 1 heterocycles. The highest BCUT2D eigenvalue weighted by Gasteiger charge is 2.11. The molecular weight excluding hydrogens is 344 g/mol. The number of ether oxygens (including phenoxy) is 1. The minimum Gasteiger partial charge on any atom is -0.484 e. The number of carboxylic acids is 1. The van der Waals surface area contributed by atoms with Gasteiger partial charge in [-0.05, 0) is 30.7 Å². The van der Waals surface area contributed by atoms with Gasteiger partial charge in [-0.3, -0.25) is 4.79 Å². The first-order chi connectivity index (χ1) is 12.0. The summed E-state index contributed by atoms with van der Waals surface area (Å²) in [5, 5.41) is 13.1. The van der Waals surface area contributed by atoms with Crippen molar-refractivity contribution in [2.45, 2.75) is 20.0 Å². The molecule has 1 aromatic heterocycles. The van der Waals surface area contributed by atoms with Gasteiger partial charge in [0, 0.05) is 10.6 Å². The van der Waals surface area contributed by atoms with E-state index in [4.69, 9.17) is 26.0 Å². The quantitative estimate of drug-likeness (QED) is 0.719. The van der Waals surface area contributed by atoms with Crippen LogP contribution in [0.5, 0.6) is 5.75 Å². The average Bonchev–Trinajstić information content (AvgIpc) is 3.04. The number of carboxylic acid groups (broad SMARTS) is 1. The van der Waals surface area contributed by atoms with Crippen LogP contribution in [-0.2, 0) is 17.8 Å². The molecule has 0 bridgehead atoms. The maximum atomic E-state index is 10.7. The Hall–Kier alpha value is -2.86. The molecule has 3 aromatic rings. The monoisotopic (exact) mass is 358 g/mol. The van der Waals surface area contributed by atoms with E-state index in [0.717, 1.165) is 11.1 Å². The van der Waals surface area contributed by atoms with E-state index in [1.807, 2.05) is 31.2 Å². The second-order valence-corrected chi connectivity index (χ2v) is 5.90. The fourth-order valence-electron chi connectivity index (χ4n) is 2.28. The van der Waals surface area contributed by atoms with Gasteiger partial charge in [0.05, 0.1) is 6.42 Å². The molecule has 0 aliphatic heterocycles. The largest absolute Gasteiger partial charge is 0.484 e. The fourth-order valence-corrected chi connectivity index (χ4v) is 2.52. The number of benzene rings is 2. The number of nitrogens with zero attached hydrogens (tertiary/aromatic N) is 2. The van der Waals surface area contributed by atoms with Gasteiger partial charge >= 0.3 is 5.97 Å². The van der Waals surface area contributed by atoms with Crippen LogP contribution < -0.4 is 4.74 Å². The number of hydrogen-bond acceptors (Lipinski definition) is 5. The zero-order valence-corrected chi connectivity index (χ0v) is 14.2. The minimum absolute atomic E-state index is 0.0907. The third-order valence-electron chi connectivity index (χ3n) is 3.47. The Morgan fingerprint density at radius 2 is 2.12 bits per heavy atom. The highest BCUT2D eigenvalue weighted by atomic mass is 35.5. The summed E-state index contributed by atoms with van der Waals surface area (Å²) in [4.78, 5) is 15.0. The lowest BCUT2D eigenvalue weighted by Gasteiger charge is -2.06. The van der Waals surface area contributed by atoms with Crippen molar-refractivity contribution >= 4 is 17.6 Å². The Morgan fingerprint density at radius 1 is 1.28 bits per heavy atom. The predicted octanol–water partition coefficient (Wildman–Crippen LogP) is 3.90. The molecule has 0 fully saturated rings. The van der Waals surface area contributed by atoms with Crippen LogP contribution in [0.25, 0.3) is 11.4 Å². The third-order valence-corrected chi connectivity index (χ3v) is 3.82. The highest BCUT2D eigenvalue weighted by Crippen LogP contribution is 2.24. The topological polar surface area (TPSA) is 85.5 Å². The van der Waals surface area contributed by atoms with Crippen LogP contribution in [-0.4, -0.2) is 21.2 Å². The Morgan fingerprint density at radius 3 is 2.84 bits per heavy atom. The van der Waals surface area contributed by atoms with Gasteiger partial charge in [-0.25, -0.2) is 0 Å². The summed E-state index contributed by atoms with van der Waals surface area (Å²) in [5.74, 6) is 0.388. The van der Waals surface area contributed by atoms with Crippen molar-refractivity contribution in [3.8, 4) is 17.1 Å². The van der Waals surface area contributed by atoms with Crippen molar-refractivity contribution in [1.29, 1.82) is 0 Å². The molecule has 0 atom stereocenters. The number of aromatic nitrogens is 2. The van der Waals surface area contributed by atoms with Crippen LogP contribution in [0.1, 0.15) is 17.0 Å². The molecule has 0 unspecified atom stereocenters. The van der Waals surface area contributed by atoms with Crippen molar-refractivity contribution in [2.24, 2.45) is 0 Å². The van der Waals surface area contributed by atoms with Crippen molar-refractivity contribution in [2.75, 3.05) is 0 Å². The van der Waals surface area contributed by atoms with E-state index in [2.05, 4.69) is 10.1 Å². The van der Waals surface area contributed by atoms with Gasteiger partial charge < -0.3 is 14.4 Å². The zero-order valence-electron chi connectivity index (χ0n) is 13.4. The Kier molecular flexibility index (Phi) is 5.00. The fraction of sp³-hybridized carbons (Fsp3) is 0.167. The summed E-state index contributed by atoms with van der Waals surface area (Å²) in [6.07, 6.45) is -0.136. The van der Waals surface area contributed by atoms with Crippen LogP contribution in [0.15, 0.2) is 47.0 Å². The molecule has 128 valence electrons. The predicted molar refractivity (Wildman–Crippen MR) is 91.6 cm³/mol. The number of halogens is 1. The number of hydrogen-bond donors (Lipinski definition) is 1. The van der Waals surface area contributed by atoms with Gasteiger partial charge in [-0.1, -0.05) is 46.6 Å². The second-order valence-electron chi connectivity index (χ2n) is 5.49. The maximum Gasteiger partial charge on any atom is 0.307 e. The SMILES string of the molecule is Cc1cccc(-c2noc(COc3ccc(CC(=O)O)c(Cl)c3)n2)c1. The molecule has 0 aliphatic carbocycles. The van der Waals surface area contributed by atoms with E-state index in [1.165, 1.54) is 0 Å². The van der Waals surface area contributed by atoms with Gasteiger partial charge in [0.15, 0.2) is 6.61 Å². The summed E-state index contributed by atoms with van der Waals surface area (Å²) in [5.41, 5.74) is 2.51. The number of carbonyl (C=O) groups is 1. The molecule has 25 heavy (non-hydrogen) atoms. The van der Waals surface area contributed by atoms with E-state index in [9.17, 15) is 4.79 Å². The van der Waals surface area contributed by atoms with Crippen LogP contribution in [0.3, 0.4) is 0 Å². The van der Waals surface area contributed by atoms with Gasteiger partial charge in [-0.2, -0.15) is 4.98 Å². The highest BCUT2D eigenvalue weighted by molar-refractivity contribution is 6.31. The molecule has 0 radical (unpaired) electrons. The molecule has 2 aromatic carbocycles. The third kappa shape index (κ3) is 4.36. The van der Waals surface area contributed by atoms with Gasteiger partial charge in [0.25, 0.3) is 5.89 Å². The summed E-state index contributed by atoms with van der Waals surface area (Å²) in [6.45, 7) is 2.08. The van der Waals surface area contributed by atoms with Crippen LogP contribution in [0.2, 0.25) is 5.02 Å². The standard InChI is InChI=1S/C18H15ClN2O4/c1-11-3-2-4-13(7-11)18-20-16(25-21-18)10-24-14-6-5-12(8-17(22)23)15(19)9-14/h2-7,9H,8,10H2,1H3,(H,22,23). The van der Waals surface area contributed by atoms with Crippen LogP contribution in [0, 0.1) is 6.92 Å². The molecule has 0 spiro atoms. The van der Waals surface area contributed by atoms with Gasteiger partial charge in [0.1, 0.15) is 5.75 Å². The molecule has 6 nitrogen and oxygen atoms in total. The molecule has 1 N–H and O–H groups in total. The van der Waals surface area contributed by atoms with Gasteiger partial charge in [-0.15, -0.1) is 0 Å². The Bertz CT molecular complexity index is 908. The molecular formula is C18H15ClN2O4. The lowest BCUT2D eigenvalue weighted by molar-refractivity contribution is -0.136. The lowest BCUT2D eigenvalue weighted by Crippen LogP contribution is -2.01. The van der Waals surface area contributed by atoms with E-state index < -0.39 is 5.97 Å². The average molecular weight is 359 g/mol. The van der Waals surface area contributed by atoms with Gasteiger partial charge in [0.2, 0.25) is 5.82 Å². The molecule has 7 heteroatoms. The summed E-state index contributed by atoms with van der Waals surface area (Å²) in [7, 11) is 0. The van der Waals surface area contributed by atoms with E-state index >= 15 is 0 Å². The maximum absolute atomic E-state index is 10.7. The van der Waals surface area contributed by atoms with E-state index in [0.29, 0.717) is 28.1 Å². The number of rotatable bonds is 6. The molecule has 0 amide bonds. The summed E-state index contributed by atoms with van der Waals surface area (Å²) in [6, 6.07) is 12.6. The lowest BCUT2D eigenvalue weighted by atomic mass is 10.1. The number of aliphatic carboxylic acids is 1. The first-order valence-corrected chi connectivity index (χ1v) is 7.92. The van der Waals surface area contributed by atoms with Crippen LogP contribution >= 0.6 is 11.6 Å². The van der Waals surface area contributed by atoms with E-state index in [1.54, 1.807) is 18.2 Å². The first-order valence-electron chi connectivity index (χ1n) is 7.54. The Labute approximate surface area is 149 Å². The molecule has 0 aliphatic rings. The second kappa shape index (κ2) is 7.36. The summed E-state index contributed by atoms with van der Waals surface area (Å²) >= 11 is 6.06. The summed E-state index contributed by atoms with van der Waals surface area (Å²) < 4.78 is 10.8. The smallest absolute Gasteiger partial charge is 0.307 e. The molecule has 0 saturated heterocycles. The normalized spacial score (nSPS) is 10.6. The number of aryl methyl sites for hydroxylation is 1. The molecule has 0 saturated carbocycles. The van der Waals surface area contributed by atoms with Crippen LogP contribution in [0.4, 0.5) is 0 Å². The Balaban J connectivity index is 1.66. The minimum atomic E-state index is -0.940. The van der Waals surface area contributed by atoms with E-state index in [-0.39, 0.29) is 13.0 Å². The van der Waals surface area contributed by atoms with Crippen molar-refractivity contribution in [3.63, 3.8) is 0 Å². The first kappa shape index (κ1) is 17.0. The molecule has 3 rings (SSSR count). The zero-order chi connectivity index (χ0) is 17.8. The van der Waals surface area contributed by atoms with Crippen molar-refractivity contribution in [3.05, 3.63) is 64.5 Å². The van der Waals surface area contributed by atoms with Crippen molar-refractivity contribution in [1.82, 2.24) is 10.1 Å². The van der Waals surface area contributed by atoms with Crippen molar-refractivity contribution < 1.29 is 19.2 Å².